The van der Waals surface area contributed by atoms with Gasteiger partial charge >= 0.3 is 0 Å². The first-order chi connectivity index (χ1) is 11.7. The van der Waals surface area contributed by atoms with Gasteiger partial charge in [-0.25, -0.2) is 4.98 Å². The molecule has 0 aliphatic heterocycles. The molecule has 1 heterocycles. The Morgan fingerprint density at radius 2 is 1.50 bits per heavy atom. The molecule has 1 unspecified atom stereocenters. The third-order valence-corrected chi connectivity index (χ3v) is 4.62. The van der Waals surface area contributed by atoms with Crippen molar-refractivity contribution in [1.82, 2.24) is 9.55 Å². The van der Waals surface area contributed by atoms with Crippen molar-refractivity contribution in [1.29, 1.82) is 0 Å². The van der Waals surface area contributed by atoms with E-state index in [4.69, 9.17) is 16.6 Å². The number of para-hydroxylation sites is 2. The topological polar surface area (TPSA) is 17.8 Å². The van der Waals surface area contributed by atoms with Crippen LogP contribution in [0.1, 0.15) is 18.5 Å². The Morgan fingerprint density at radius 1 is 0.833 bits per heavy atom. The average Bonchev–Trinajstić information content (AvgIpc) is 3.02. The number of nitrogens with zero attached hydrogens (tertiary/aromatic N) is 2. The van der Waals surface area contributed by atoms with Crippen LogP contribution in [0.2, 0.25) is 5.02 Å². The summed E-state index contributed by atoms with van der Waals surface area (Å²) in [4.78, 5) is 4.88. The number of benzene rings is 3. The summed E-state index contributed by atoms with van der Waals surface area (Å²) in [5.41, 5.74) is 4.47. The minimum atomic E-state index is 0.185. The van der Waals surface area contributed by atoms with Gasteiger partial charge < -0.3 is 4.57 Å². The van der Waals surface area contributed by atoms with Crippen molar-refractivity contribution in [2.24, 2.45) is 0 Å². The van der Waals surface area contributed by atoms with E-state index in [1.165, 1.54) is 5.56 Å². The molecule has 0 saturated carbocycles. The Morgan fingerprint density at radius 3 is 2.25 bits per heavy atom. The zero-order valence-electron chi connectivity index (χ0n) is 13.4. The molecule has 4 rings (SSSR count). The second kappa shape index (κ2) is 6.14. The molecule has 24 heavy (non-hydrogen) atoms. The maximum absolute atomic E-state index is 6.05. The molecule has 0 N–H and O–H groups in total. The van der Waals surface area contributed by atoms with Crippen molar-refractivity contribution in [3.05, 3.63) is 89.4 Å². The van der Waals surface area contributed by atoms with E-state index in [0.29, 0.717) is 0 Å². The highest BCUT2D eigenvalue weighted by molar-refractivity contribution is 6.30. The number of hydrogen-bond donors (Lipinski definition) is 0. The second-order valence-electron chi connectivity index (χ2n) is 5.89. The van der Waals surface area contributed by atoms with Gasteiger partial charge in [0, 0.05) is 10.6 Å². The average molecular weight is 333 g/mol. The highest BCUT2D eigenvalue weighted by Gasteiger charge is 2.18. The predicted molar refractivity (Wildman–Crippen MR) is 100 cm³/mol. The van der Waals surface area contributed by atoms with Gasteiger partial charge in [-0.15, -0.1) is 0 Å². The highest BCUT2D eigenvalue weighted by Crippen LogP contribution is 2.31. The van der Waals surface area contributed by atoms with Crippen molar-refractivity contribution < 1.29 is 0 Å². The standard InChI is InChI=1S/C21H17ClN2/c1-15(16-7-3-2-4-8-16)24-20-10-6-5-9-19(20)23-21(24)17-11-13-18(22)14-12-17/h2-15H,1H3. The van der Waals surface area contributed by atoms with Crippen molar-refractivity contribution in [3.8, 4) is 11.4 Å². The third-order valence-electron chi connectivity index (χ3n) is 4.37. The maximum Gasteiger partial charge on any atom is 0.141 e. The number of fused-ring (bicyclic) bond motifs is 1. The van der Waals surface area contributed by atoms with Gasteiger partial charge in [0.2, 0.25) is 0 Å². The molecule has 0 saturated heterocycles. The first kappa shape index (κ1) is 15.0. The molecule has 0 spiro atoms. The van der Waals surface area contributed by atoms with Crippen molar-refractivity contribution in [2.75, 3.05) is 0 Å². The Kier molecular flexibility index (Phi) is 3.83. The summed E-state index contributed by atoms with van der Waals surface area (Å²) < 4.78 is 2.30. The lowest BCUT2D eigenvalue weighted by Gasteiger charge is -2.18. The van der Waals surface area contributed by atoms with Crippen LogP contribution < -0.4 is 0 Å². The van der Waals surface area contributed by atoms with E-state index in [0.717, 1.165) is 27.4 Å². The van der Waals surface area contributed by atoms with E-state index in [2.05, 4.69) is 54.0 Å². The number of hydrogen-bond acceptors (Lipinski definition) is 1. The molecule has 2 nitrogen and oxygen atoms in total. The van der Waals surface area contributed by atoms with Gasteiger partial charge in [-0.05, 0) is 48.9 Å². The second-order valence-corrected chi connectivity index (χ2v) is 6.32. The largest absolute Gasteiger partial charge is 0.317 e. The number of aromatic nitrogens is 2. The fourth-order valence-corrected chi connectivity index (χ4v) is 3.25. The fraction of sp³-hybridized carbons (Fsp3) is 0.0952. The van der Waals surface area contributed by atoms with Crippen LogP contribution >= 0.6 is 11.6 Å². The molecule has 0 bridgehead atoms. The molecule has 3 aromatic carbocycles. The van der Waals surface area contributed by atoms with Crippen molar-refractivity contribution in [3.63, 3.8) is 0 Å². The Bertz CT molecular complexity index is 972. The van der Waals surface area contributed by atoms with Gasteiger partial charge in [0.25, 0.3) is 0 Å². The van der Waals surface area contributed by atoms with Gasteiger partial charge in [0.1, 0.15) is 5.82 Å². The van der Waals surface area contributed by atoms with E-state index in [9.17, 15) is 0 Å². The molecule has 0 fully saturated rings. The van der Waals surface area contributed by atoms with E-state index in [1.54, 1.807) is 0 Å². The van der Waals surface area contributed by atoms with Gasteiger partial charge in [0.15, 0.2) is 0 Å². The van der Waals surface area contributed by atoms with E-state index < -0.39 is 0 Å². The first-order valence-corrected chi connectivity index (χ1v) is 8.39. The molecule has 0 aliphatic rings. The molecule has 0 amide bonds. The normalized spacial score (nSPS) is 12.4. The van der Waals surface area contributed by atoms with Gasteiger partial charge in [0.05, 0.1) is 17.1 Å². The Labute approximate surface area is 146 Å². The van der Waals surface area contributed by atoms with Crippen LogP contribution in [0.3, 0.4) is 0 Å². The minimum absolute atomic E-state index is 0.185. The van der Waals surface area contributed by atoms with Gasteiger partial charge in [-0.1, -0.05) is 54.1 Å². The molecule has 3 heteroatoms. The van der Waals surface area contributed by atoms with Crippen molar-refractivity contribution >= 4 is 22.6 Å². The Hall–Kier alpha value is -2.58. The summed E-state index contributed by atoms with van der Waals surface area (Å²) in [7, 11) is 0. The molecule has 1 aromatic heterocycles. The summed E-state index contributed by atoms with van der Waals surface area (Å²) in [6.07, 6.45) is 0. The molecule has 0 aliphatic carbocycles. The molecular formula is C21H17ClN2. The van der Waals surface area contributed by atoms with E-state index in [1.807, 2.05) is 36.4 Å². The zero-order valence-corrected chi connectivity index (χ0v) is 14.1. The number of imidazole rings is 1. The summed E-state index contributed by atoms with van der Waals surface area (Å²) in [6.45, 7) is 2.21. The van der Waals surface area contributed by atoms with Gasteiger partial charge in [-0.2, -0.15) is 0 Å². The van der Waals surface area contributed by atoms with Crippen LogP contribution in [-0.4, -0.2) is 9.55 Å². The molecular weight excluding hydrogens is 316 g/mol. The predicted octanol–water partition coefficient (Wildman–Crippen LogP) is 5.97. The first-order valence-electron chi connectivity index (χ1n) is 8.02. The lowest BCUT2D eigenvalue weighted by atomic mass is 10.1. The van der Waals surface area contributed by atoms with E-state index in [-0.39, 0.29) is 6.04 Å². The van der Waals surface area contributed by atoms with Gasteiger partial charge in [-0.3, -0.25) is 0 Å². The lowest BCUT2D eigenvalue weighted by Crippen LogP contribution is -2.08. The third kappa shape index (κ3) is 2.59. The summed E-state index contributed by atoms with van der Waals surface area (Å²) in [5.74, 6) is 0.962. The number of rotatable bonds is 3. The van der Waals surface area contributed by atoms with Crippen LogP contribution in [0, 0.1) is 0 Å². The zero-order chi connectivity index (χ0) is 16.5. The smallest absolute Gasteiger partial charge is 0.141 e. The lowest BCUT2D eigenvalue weighted by molar-refractivity contribution is 0.665. The van der Waals surface area contributed by atoms with Crippen LogP contribution in [0.4, 0.5) is 0 Å². The fourth-order valence-electron chi connectivity index (χ4n) is 3.12. The SMILES string of the molecule is CC(c1ccccc1)n1c(-c2ccc(Cl)cc2)nc2ccccc21. The molecule has 118 valence electrons. The summed E-state index contributed by atoms with van der Waals surface area (Å²) in [6, 6.07) is 26.8. The molecule has 4 aromatic rings. The molecule has 1 atom stereocenters. The maximum atomic E-state index is 6.05. The summed E-state index contributed by atoms with van der Waals surface area (Å²) in [5, 5.41) is 0.734. The molecule has 0 radical (unpaired) electrons. The summed E-state index contributed by atoms with van der Waals surface area (Å²) >= 11 is 6.05. The Balaban J connectivity index is 1.95. The van der Waals surface area contributed by atoms with Crippen LogP contribution in [0.25, 0.3) is 22.4 Å². The highest BCUT2D eigenvalue weighted by atomic mass is 35.5. The minimum Gasteiger partial charge on any atom is -0.317 e. The monoisotopic (exact) mass is 332 g/mol. The van der Waals surface area contributed by atoms with Crippen LogP contribution in [-0.2, 0) is 0 Å². The number of halogens is 1. The van der Waals surface area contributed by atoms with Crippen LogP contribution in [0.15, 0.2) is 78.9 Å². The van der Waals surface area contributed by atoms with Crippen molar-refractivity contribution in [2.45, 2.75) is 13.0 Å². The quantitative estimate of drug-likeness (QED) is 0.452. The van der Waals surface area contributed by atoms with Crippen LogP contribution in [0.5, 0.6) is 0 Å². The van der Waals surface area contributed by atoms with E-state index >= 15 is 0 Å².